The van der Waals surface area contributed by atoms with Crippen LogP contribution in [-0.4, -0.2) is 294 Å². The average Bonchev–Trinajstić information content (AvgIpc) is 1.60. The summed E-state index contributed by atoms with van der Waals surface area (Å²) in [6.07, 6.45) is -3.16. The third kappa shape index (κ3) is 39.6. The van der Waals surface area contributed by atoms with Gasteiger partial charge in [-0.05, 0) is 113 Å². The van der Waals surface area contributed by atoms with E-state index in [1.807, 2.05) is 6.26 Å². The maximum atomic E-state index is 15.7. The van der Waals surface area contributed by atoms with E-state index >= 15 is 33.6 Å². The number of nitrogens with one attached hydrogen (secondary N) is 14. The van der Waals surface area contributed by atoms with Crippen LogP contribution in [0.4, 0.5) is 0 Å². The number of ether oxygens (including phenoxy) is 2. The van der Waals surface area contributed by atoms with Crippen LogP contribution < -0.4 is 86.7 Å². The van der Waals surface area contributed by atoms with Crippen LogP contribution in [0.2, 0.25) is 0 Å². The zero-order valence-corrected chi connectivity index (χ0v) is 85.8. The average molecular weight is 2090 g/mol. The molecule has 0 aliphatic carbocycles. The van der Waals surface area contributed by atoms with Crippen molar-refractivity contribution in [3.63, 3.8) is 0 Å². The van der Waals surface area contributed by atoms with Crippen LogP contribution in [0.1, 0.15) is 209 Å². The first-order valence-electron chi connectivity index (χ1n) is 48.2. The van der Waals surface area contributed by atoms with Crippen LogP contribution in [0.3, 0.4) is 0 Å². The first-order valence-corrected chi connectivity index (χ1v) is 50.6. The van der Waals surface area contributed by atoms with E-state index in [2.05, 4.69) is 73.8 Å². The van der Waals surface area contributed by atoms with Crippen molar-refractivity contribution < 1.29 is 135 Å². The summed E-state index contributed by atoms with van der Waals surface area (Å²) in [7, 11) is 2.04. The Hall–Kier alpha value is -13.9. The van der Waals surface area contributed by atoms with Crippen LogP contribution in [0.25, 0.3) is 16.3 Å². The van der Waals surface area contributed by atoms with E-state index in [0.717, 1.165) is 43.9 Å². The fraction of sp³-hybridized carbons (Fsp3) is 0.611. The number of imidazole rings is 1. The molecule has 1 aromatic carbocycles. The number of methoxy groups -OCH3 is 2. The number of amides is 15. The molecule has 2 aliphatic rings. The molecule has 2 aromatic heterocycles. The molecule has 1 saturated heterocycles. The van der Waals surface area contributed by atoms with Crippen LogP contribution in [-0.2, 0) is 133 Å². The van der Waals surface area contributed by atoms with Gasteiger partial charge < -0.3 is 126 Å². The van der Waals surface area contributed by atoms with Crippen molar-refractivity contribution in [1.29, 1.82) is 5.41 Å². The van der Waals surface area contributed by atoms with Crippen molar-refractivity contribution in [3.05, 3.63) is 54.3 Å². The van der Waals surface area contributed by atoms with Gasteiger partial charge in [-0.15, -0.1) is 11.8 Å². The number of primary amides is 3. The molecule has 49 nitrogen and oxygen atoms in total. The highest BCUT2D eigenvalue weighted by Crippen LogP contribution is 2.39. The number of carbonyl (C=O) groups is 23. The number of carboxylic acids is 3. The number of esters is 2. The Morgan fingerprint density at radius 1 is 0.610 bits per heavy atom. The smallest absolute Gasteiger partial charge is 0.340 e. The van der Waals surface area contributed by atoms with Gasteiger partial charge >= 0.3 is 29.8 Å². The summed E-state index contributed by atoms with van der Waals surface area (Å²) < 4.78 is 11.8. The molecule has 16 atom stereocenters. The second kappa shape index (κ2) is 60.8. The van der Waals surface area contributed by atoms with E-state index in [-0.39, 0.29) is 111 Å². The number of ketones is 3. The second-order valence-electron chi connectivity index (χ2n) is 37.2. The van der Waals surface area contributed by atoms with E-state index in [9.17, 15) is 92.0 Å². The lowest BCUT2D eigenvalue weighted by atomic mass is 9.86. The van der Waals surface area contributed by atoms with Crippen LogP contribution in [0.5, 0.6) is 0 Å². The maximum absolute atomic E-state index is 15.7. The van der Waals surface area contributed by atoms with Gasteiger partial charge in [0, 0.05) is 124 Å². The quantitative estimate of drug-likeness (QED) is 0.0105. The predicted octanol–water partition coefficient (Wildman–Crippen LogP) is -1.07. The molecule has 0 bridgehead atoms. The normalized spacial score (nSPS) is 18.7. The fourth-order valence-corrected chi connectivity index (χ4v) is 18.5. The van der Waals surface area contributed by atoms with Crippen molar-refractivity contribution >= 4 is 182 Å². The third-order valence-electron chi connectivity index (χ3n) is 24.8. The summed E-state index contributed by atoms with van der Waals surface area (Å²) in [5.74, 6) is -31.1. The van der Waals surface area contributed by atoms with Gasteiger partial charge in [0.05, 0.1) is 67.8 Å². The Kier molecular flexibility index (Phi) is 51.0. The minimum Gasteiger partial charge on any atom is -0.481 e. The Bertz CT molecular complexity index is 5220. The van der Waals surface area contributed by atoms with Gasteiger partial charge in [-0.3, -0.25) is 106 Å². The van der Waals surface area contributed by atoms with Gasteiger partial charge in [0.1, 0.15) is 54.4 Å². The Morgan fingerprint density at radius 3 is 1.79 bits per heavy atom. The molecule has 806 valence electrons. The number of hydrogen-bond donors (Lipinski definition) is 21. The number of thioether (sulfide) groups is 2. The molecule has 51 heteroatoms. The first-order chi connectivity index (χ1) is 68.8. The number of nitrogens with zero attached hydrogens (tertiary/aromatic N) is 3. The molecular formula is C95H141N21O28S2. The number of likely N-dealkylation sites (tertiary alicyclic amines) is 1. The Morgan fingerprint density at radius 2 is 1.23 bits per heavy atom. The number of guanidine groups is 1. The minimum absolute atomic E-state index is 0.0462. The van der Waals surface area contributed by atoms with E-state index in [1.165, 1.54) is 35.8 Å². The highest BCUT2D eigenvalue weighted by molar-refractivity contribution is 7.99. The molecule has 2 aliphatic heterocycles. The number of aliphatic carboxylic acids is 3. The number of carboxylic acid groups (broad SMARTS) is 3. The number of fused-ring (bicyclic) bond motifs is 3. The molecule has 0 unspecified atom stereocenters. The summed E-state index contributed by atoms with van der Waals surface area (Å²) in [6, 6.07) is -14.2. The third-order valence-corrected chi connectivity index (χ3v) is 26.6. The number of Topliss-reactive ketones (excluding diaryl/α,β-unsaturated/α-hetero) is 3. The van der Waals surface area contributed by atoms with Crippen LogP contribution >= 0.6 is 23.5 Å². The van der Waals surface area contributed by atoms with Crippen LogP contribution in [0, 0.1) is 46.8 Å². The lowest BCUT2D eigenvalue weighted by Gasteiger charge is -2.31. The van der Waals surface area contributed by atoms with Gasteiger partial charge in [0.2, 0.25) is 88.6 Å². The molecule has 1 fully saturated rings. The number of carbonyl (C=O) groups excluding carboxylic acids is 20. The summed E-state index contributed by atoms with van der Waals surface area (Å²) in [4.78, 5) is 331. The zero-order valence-electron chi connectivity index (χ0n) is 84.1. The molecule has 25 N–H and O–H groups in total. The molecule has 146 heavy (non-hydrogen) atoms. The number of aromatic nitrogens is 3. The topological polar surface area (TPSA) is 781 Å². The molecule has 0 radical (unpaired) electrons. The molecule has 4 heterocycles. The lowest BCUT2D eigenvalue weighted by molar-refractivity contribution is -0.144. The van der Waals surface area contributed by atoms with Crippen molar-refractivity contribution in [2.45, 2.75) is 288 Å². The number of hydrogen-bond acceptors (Lipinski definition) is 29. The number of nitrogens with two attached hydrogens (primary N) is 4. The van der Waals surface area contributed by atoms with Crippen molar-refractivity contribution in [2.24, 2.45) is 64.4 Å². The first kappa shape index (κ1) is 123. The van der Waals surface area contributed by atoms with E-state index in [1.54, 1.807) is 72.7 Å². The van der Waals surface area contributed by atoms with Gasteiger partial charge in [0.15, 0.2) is 23.3 Å². The fourth-order valence-electron chi connectivity index (χ4n) is 16.7. The second-order valence-corrected chi connectivity index (χ2v) is 39.2. The maximum Gasteiger partial charge on any atom is 0.340 e. The number of benzene rings is 1. The molecular weight excluding hydrogens is 1950 g/mol. The minimum atomic E-state index is -2.10. The summed E-state index contributed by atoms with van der Waals surface area (Å²) in [5, 5.41) is 69.2. The van der Waals surface area contributed by atoms with Crippen molar-refractivity contribution in [1.82, 2.24) is 83.2 Å². The number of H-pyrrole nitrogens is 1. The Labute approximate surface area is 852 Å². The zero-order chi connectivity index (χ0) is 109. The molecule has 0 spiro atoms. The monoisotopic (exact) mass is 2090 g/mol. The van der Waals surface area contributed by atoms with Gasteiger partial charge in [0.25, 0.3) is 0 Å². The standard InChI is InChI=1S/C95H141N21O28S2/c1-13-50(8)79-91(140)110-64(36-47(2)3)87(136)109-65(43-76(127)128)88(137)106-60(84(133)108-63(39-54-44-101-46-103-54)70(119)40-57(48(4)5)83(132)105-59(25-28-72(96)121)69(118)38-53(20-18-32-102-95(99)100)82(131)113-78(49(6)7)71(120)37-52(81(98)130)31-35-145-12)23-16-17-33-116-80(58(94(142)144-11)41-77(129)143-10)55-21-14-15-22-56(55)93(116)146-45-67(89(138)114-79)112-86(135)62(27-30-75(125)126)107-90(139)68-24-19-34-115(68)92(141)66(42-73(97)122)111-85(134)61(104-51(9)117)26-29-74(123)124/h14-15,21-22,41,44,46-50,52-53,57,59-68,78-79H,13,16-20,23-40,42-43,45H2,1-12H3,(H2,96,121)(H2,97,122)(H2,98,130)(H,101,103)(H,104,117)(H,105,132)(H,106,137)(H,107,139)(H,108,133)(H,109,136)(H,110,140)(H,111,134)(H,112,135)(H,113,131)(H,114,138)(H,123,124)(H,125,126)(H,127,128)(H4,99,100,102)/b58-41-/t50-,52+,53+,57-,59-,60-,61-,62-,63-,64-,65-,66-,67-,68-,78-,79-/m0/s1. The van der Waals surface area contributed by atoms with Crippen LogP contribution in [0.15, 0.2) is 47.9 Å². The SMILES string of the molecule is CC[C@H](C)[C@@H]1NC(=O)[C@@H](NC(=O)[C@H](CCC(=O)O)NC(=O)[C@@H]2CCCN2C(=O)[C@H](CC(N)=O)NC(=O)[C@H](CCC(=O)O)NC(C)=O)CSc2c3ccccc3c(/C(=C/C(=O)OC)C(=O)OC)n2CCCC[C@@H](C(=O)N[C@@H](Cc2cnc[nH]2)C(=O)C[C@H](C(=O)N[C@@H](CCC(N)=O)C(=O)C[C@@H](CCCNC(=N)N)C(=O)N[C@H](C(=O)C[C@@H](CCSC)C(N)=O)C(C)C)C(C)C)NC(=O)[C@H](CC(=O)O)NC(=O)[C@H](CC(C)C)NC1=O. The highest BCUT2D eigenvalue weighted by atomic mass is 32.2. The lowest BCUT2D eigenvalue weighted by Crippen LogP contribution is -2.62. The summed E-state index contributed by atoms with van der Waals surface area (Å²) in [5.41, 5.74) is 22.2. The predicted molar refractivity (Wildman–Crippen MR) is 530 cm³/mol. The largest absolute Gasteiger partial charge is 0.481 e. The van der Waals surface area contributed by atoms with Gasteiger partial charge in [-0.2, -0.15) is 11.8 Å². The van der Waals surface area contributed by atoms with Crippen molar-refractivity contribution in [2.75, 3.05) is 45.1 Å². The number of rotatable bonds is 55. The summed E-state index contributed by atoms with van der Waals surface area (Å²) >= 11 is 2.25. The molecule has 15 amide bonds. The van der Waals surface area contributed by atoms with E-state index < -0.39 is 344 Å². The Balaban J connectivity index is 1.69. The summed E-state index contributed by atoms with van der Waals surface area (Å²) in [6.45, 7) is 13.5. The van der Waals surface area contributed by atoms with Crippen molar-refractivity contribution in [3.8, 4) is 0 Å². The van der Waals surface area contributed by atoms with E-state index in [4.69, 9.17) is 37.8 Å². The number of aromatic amines is 1. The molecule has 5 rings (SSSR count). The molecule has 3 aromatic rings. The highest BCUT2D eigenvalue weighted by Gasteiger charge is 2.45. The molecule has 0 saturated carbocycles. The van der Waals surface area contributed by atoms with E-state index in [0.29, 0.717) is 5.75 Å². The van der Waals surface area contributed by atoms with Gasteiger partial charge in [-0.25, -0.2) is 14.6 Å². The van der Waals surface area contributed by atoms with Gasteiger partial charge in [-0.1, -0.05) is 86.1 Å².